The van der Waals surface area contributed by atoms with Crippen molar-refractivity contribution >= 4 is 11.8 Å². The monoisotopic (exact) mass is 397 g/mol. The standard InChI is InChI=1S/C25H35NO3/c1-2-3-4-5-6-7-8-9-10-11-20-29-25(28)26-23-16-12-21(13-17-23)22-14-18-24(27)19-15-22/h12-19,27H,2-11,20H2,1H3,(H,26,28). The number of aromatic hydroxyl groups is 1. The van der Waals surface area contributed by atoms with Gasteiger partial charge in [-0.05, 0) is 41.8 Å². The van der Waals surface area contributed by atoms with E-state index in [1.807, 2.05) is 36.4 Å². The number of unbranched alkanes of at least 4 members (excludes halogenated alkanes) is 9. The number of carbonyl (C=O) groups excluding carboxylic acids is 1. The first-order valence-electron chi connectivity index (χ1n) is 11.0. The second-order valence-corrected chi connectivity index (χ2v) is 7.57. The molecule has 1 amide bonds. The first kappa shape index (κ1) is 22.8. The van der Waals surface area contributed by atoms with E-state index in [0.29, 0.717) is 12.3 Å². The van der Waals surface area contributed by atoms with Crippen molar-refractivity contribution in [3.05, 3.63) is 48.5 Å². The van der Waals surface area contributed by atoms with Crippen LogP contribution in [0, 0.1) is 0 Å². The maximum atomic E-state index is 11.9. The number of carbonyl (C=O) groups is 1. The van der Waals surface area contributed by atoms with E-state index >= 15 is 0 Å². The molecule has 158 valence electrons. The van der Waals surface area contributed by atoms with Crippen LogP contribution in [0.3, 0.4) is 0 Å². The molecule has 2 rings (SSSR count). The number of rotatable bonds is 13. The van der Waals surface area contributed by atoms with Gasteiger partial charge in [-0.25, -0.2) is 4.79 Å². The molecule has 0 aliphatic heterocycles. The molecule has 4 nitrogen and oxygen atoms in total. The predicted octanol–water partition coefficient (Wildman–Crippen LogP) is 7.53. The number of hydrogen-bond acceptors (Lipinski definition) is 3. The van der Waals surface area contributed by atoms with Gasteiger partial charge in [0.05, 0.1) is 6.61 Å². The lowest BCUT2D eigenvalue weighted by molar-refractivity contribution is 0.159. The van der Waals surface area contributed by atoms with Gasteiger partial charge in [0.2, 0.25) is 0 Å². The third-order valence-corrected chi connectivity index (χ3v) is 5.06. The second-order valence-electron chi connectivity index (χ2n) is 7.57. The van der Waals surface area contributed by atoms with E-state index in [9.17, 15) is 9.90 Å². The minimum atomic E-state index is -0.404. The largest absolute Gasteiger partial charge is 0.508 e. The van der Waals surface area contributed by atoms with Crippen LogP contribution in [0.5, 0.6) is 5.75 Å². The van der Waals surface area contributed by atoms with Gasteiger partial charge >= 0.3 is 6.09 Å². The molecule has 0 radical (unpaired) electrons. The molecule has 2 aromatic rings. The Hall–Kier alpha value is -2.49. The van der Waals surface area contributed by atoms with Gasteiger partial charge in [-0.3, -0.25) is 5.32 Å². The molecule has 4 heteroatoms. The van der Waals surface area contributed by atoms with E-state index in [1.54, 1.807) is 12.1 Å². The van der Waals surface area contributed by atoms with Gasteiger partial charge in [-0.2, -0.15) is 0 Å². The normalized spacial score (nSPS) is 10.7. The summed E-state index contributed by atoms with van der Waals surface area (Å²) in [5.41, 5.74) is 2.74. The lowest BCUT2D eigenvalue weighted by Gasteiger charge is -2.08. The van der Waals surface area contributed by atoms with Crippen molar-refractivity contribution in [3.8, 4) is 16.9 Å². The van der Waals surface area contributed by atoms with Gasteiger partial charge in [-0.1, -0.05) is 89.0 Å². The molecule has 0 unspecified atom stereocenters. The zero-order valence-corrected chi connectivity index (χ0v) is 17.7. The van der Waals surface area contributed by atoms with Crippen molar-refractivity contribution in [1.82, 2.24) is 0 Å². The average molecular weight is 398 g/mol. The number of nitrogens with one attached hydrogen (secondary N) is 1. The molecule has 0 saturated heterocycles. The van der Waals surface area contributed by atoms with Gasteiger partial charge in [0, 0.05) is 5.69 Å². The summed E-state index contributed by atoms with van der Waals surface area (Å²) in [6, 6.07) is 14.6. The van der Waals surface area contributed by atoms with Gasteiger partial charge in [0.15, 0.2) is 0 Å². The fourth-order valence-electron chi connectivity index (χ4n) is 3.31. The molecule has 0 aliphatic carbocycles. The molecule has 0 aromatic heterocycles. The van der Waals surface area contributed by atoms with E-state index in [0.717, 1.165) is 24.0 Å². The van der Waals surface area contributed by atoms with Gasteiger partial charge in [-0.15, -0.1) is 0 Å². The van der Waals surface area contributed by atoms with Gasteiger partial charge < -0.3 is 9.84 Å². The summed E-state index contributed by atoms with van der Waals surface area (Å²) in [6.45, 7) is 2.71. The highest BCUT2D eigenvalue weighted by Crippen LogP contribution is 2.23. The van der Waals surface area contributed by atoms with E-state index in [1.165, 1.54) is 51.4 Å². The van der Waals surface area contributed by atoms with E-state index in [-0.39, 0.29) is 5.75 Å². The van der Waals surface area contributed by atoms with Crippen LogP contribution in [0.2, 0.25) is 0 Å². The number of hydrogen-bond donors (Lipinski definition) is 2. The Morgan fingerprint density at radius 1 is 0.759 bits per heavy atom. The molecule has 0 aliphatic rings. The van der Waals surface area contributed by atoms with Crippen LogP contribution in [0.4, 0.5) is 10.5 Å². The zero-order chi connectivity index (χ0) is 20.7. The molecular weight excluding hydrogens is 362 g/mol. The summed E-state index contributed by atoms with van der Waals surface area (Å²) >= 11 is 0. The second kappa shape index (κ2) is 13.6. The fraction of sp³-hybridized carbons (Fsp3) is 0.480. The number of ether oxygens (including phenoxy) is 1. The van der Waals surface area contributed by atoms with Crippen molar-refractivity contribution in [2.24, 2.45) is 0 Å². The zero-order valence-electron chi connectivity index (χ0n) is 17.7. The summed E-state index contributed by atoms with van der Waals surface area (Å²) in [7, 11) is 0. The minimum absolute atomic E-state index is 0.247. The molecule has 0 fully saturated rings. The summed E-state index contributed by atoms with van der Waals surface area (Å²) < 4.78 is 5.27. The topological polar surface area (TPSA) is 58.6 Å². The lowest BCUT2D eigenvalue weighted by atomic mass is 10.1. The smallest absolute Gasteiger partial charge is 0.411 e. The number of amides is 1. The lowest BCUT2D eigenvalue weighted by Crippen LogP contribution is -2.14. The number of benzene rings is 2. The first-order valence-corrected chi connectivity index (χ1v) is 11.0. The third kappa shape index (κ3) is 9.51. The molecule has 0 saturated carbocycles. The molecule has 29 heavy (non-hydrogen) atoms. The van der Waals surface area contributed by atoms with E-state index < -0.39 is 6.09 Å². The number of phenols is 1. The molecule has 0 atom stereocenters. The first-order chi connectivity index (χ1) is 14.2. The highest BCUT2D eigenvalue weighted by atomic mass is 16.5. The van der Waals surface area contributed by atoms with Crippen molar-refractivity contribution in [2.75, 3.05) is 11.9 Å². The van der Waals surface area contributed by atoms with E-state index in [4.69, 9.17) is 4.74 Å². The molecule has 0 bridgehead atoms. The SMILES string of the molecule is CCCCCCCCCCCCOC(=O)Nc1ccc(-c2ccc(O)cc2)cc1. The third-order valence-electron chi connectivity index (χ3n) is 5.06. The fourth-order valence-corrected chi connectivity index (χ4v) is 3.31. The van der Waals surface area contributed by atoms with Crippen LogP contribution in [0.25, 0.3) is 11.1 Å². The Kier molecular flexibility index (Phi) is 10.7. The maximum Gasteiger partial charge on any atom is 0.411 e. The van der Waals surface area contributed by atoms with Crippen LogP contribution in [0.1, 0.15) is 71.1 Å². The van der Waals surface area contributed by atoms with Crippen LogP contribution in [-0.2, 0) is 4.74 Å². The number of anilines is 1. The minimum Gasteiger partial charge on any atom is -0.508 e. The number of phenolic OH excluding ortho intramolecular Hbond substituents is 1. The van der Waals surface area contributed by atoms with Gasteiger partial charge in [0.25, 0.3) is 0 Å². The summed E-state index contributed by atoms with van der Waals surface area (Å²) in [5.74, 6) is 0.247. The predicted molar refractivity (Wildman–Crippen MR) is 120 cm³/mol. The molecule has 0 spiro atoms. The summed E-state index contributed by atoms with van der Waals surface area (Å²) in [5, 5.41) is 12.1. The summed E-state index contributed by atoms with van der Waals surface area (Å²) in [6.07, 6.45) is 12.2. The van der Waals surface area contributed by atoms with Gasteiger partial charge in [0.1, 0.15) is 5.75 Å². The Morgan fingerprint density at radius 3 is 1.79 bits per heavy atom. The highest BCUT2D eigenvalue weighted by Gasteiger charge is 2.04. The van der Waals surface area contributed by atoms with Crippen LogP contribution in [-0.4, -0.2) is 17.8 Å². The molecule has 2 aromatic carbocycles. The highest BCUT2D eigenvalue weighted by molar-refractivity contribution is 5.85. The van der Waals surface area contributed by atoms with Crippen molar-refractivity contribution in [1.29, 1.82) is 0 Å². The van der Waals surface area contributed by atoms with E-state index in [2.05, 4.69) is 12.2 Å². The van der Waals surface area contributed by atoms with Crippen molar-refractivity contribution in [3.63, 3.8) is 0 Å². The van der Waals surface area contributed by atoms with Crippen molar-refractivity contribution < 1.29 is 14.6 Å². The Labute approximate surface area is 175 Å². The molecule has 0 heterocycles. The quantitative estimate of drug-likeness (QED) is 0.343. The Bertz CT molecular complexity index is 695. The van der Waals surface area contributed by atoms with Crippen molar-refractivity contribution in [2.45, 2.75) is 71.1 Å². The van der Waals surface area contributed by atoms with Crippen LogP contribution >= 0.6 is 0 Å². The Balaban J connectivity index is 1.54. The molecular formula is C25H35NO3. The average Bonchev–Trinajstić information content (AvgIpc) is 2.73. The van der Waals surface area contributed by atoms with Crippen LogP contribution < -0.4 is 5.32 Å². The van der Waals surface area contributed by atoms with Crippen LogP contribution in [0.15, 0.2) is 48.5 Å². The maximum absolute atomic E-state index is 11.9. The Morgan fingerprint density at radius 2 is 1.24 bits per heavy atom. The summed E-state index contributed by atoms with van der Waals surface area (Å²) in [4.78, 5) is 11.9. The molecule has 2 N–H and O–H groups in total.